The van der Waals surface area contributed by atoms with Crippen molar-refractivity contribution in [2.45, 2.75) is 32.6 Å². The number of amides is 2. The van der Waals surface area contributed by atoms with E-state index in [0.717, 1.165) is 35.2 Å². The Balaban J connectivity index is 1.37. The number of piperidine rings is 1. The number of rotatable bonds is 3. The number of aryl methyl sites for hydroxylation is 1. The van der Waals surface area contributed by atoms with Crippen molar-refractivity contribution in [3.63, 3.8) is 0 Å². The summed E-state index contributed by atoms with van der Waals surface area (Å²) in [6.07, 6.45) is 1.58. The second-order valence-corrected chi connectivity index (χ2v) is 7.84. The van der Waals surface area contributed by atoms with E-state index in [2.05, 4.69) is 15.5 Å². The fourth-order valence-electron chi connectivity index (χ4n) is 3.56. The van der Waals surface area contributed by atoms with Gasteiger partial charge in [-0.15, -0.1) is 0 Å². The molecule has 6 nitrogen and oxygen atoms in total. The standard InChI is InChI=1S/C22H23ClN4O2/c1-14-5-3-8-19(15(14)2)24-22(28)27-11-9-16(10-12-27)21-25-20(26-29-21)17-6-4-7-18(23)13-17/h3-8,13,16H,9-12H2,1-2H3,(H,24,28). The van der Waals surface area contributed by atoms with E-state index in [1.54, 1.807) is 0 Å². The van der Waals surface area contributed by atoms with Gasteiger partial charge in [0.25, 0.3) is 0 Å². The molecule has 3 aromatic rings. The Morgan fingerprint density at radius 1 is 1.17 bits per heavy atom. The van der Waals surface area contributed by atoms with E-state index in [0.29, 0.717) is 29.8 Å². The van der Waals surface area contributed by atoms with E-state index in [9.17, 15) is 4.79 Å². The zero-order valence-corrected chi connectivity index (χ0v) is 17.2. The van der Waals surface area contributed by atoms with Gasteiger partial charge in [0, 0.05) is 35.3 Å². The predicted octanol–water partition coefficient (Wildman–Crippen LogP) is 5.42. The van der Waals surface area contributed by atoms with Crippen LogP contribution in [0.2, 0.25) is 5.02 Å². The zero-order chi connectivity index (χ0) is 20.4. The largest absolute Gasteiger partial charge is 0.339 e. The SMILES string of the molecule is Cc1cccc(NC(=O)N2CCC(c3nc(-c4cccc(Cl)c4)no3)CC2)c1C. The van der Waals surface area contributed by atoms with Gasteiger partial charge in [-0.25, -0.2) is 4.79 Å². The van der Waals surface area contributed by atoms with Crippen LogP contribution in [0, 0.1) is 13.8 Å². The third kappa shape index (κ3) is 4.27. The number of hydrogen-bond acceptors (Lipinski definition) is 4. The first-order valence-corrected chi connectivity index (χ1v) is 10.1. The number of aromatic nitrogens is 2. The molecule has 1 aliphatic rings. The molecule has 1 fully saturated rings. The Morgan fingerprint density at radius 3 is 2.69 bits per heavy atom. The van der Waals surface area contributed by atoms with Crippen molar-refractivity contribution >= 4 is 23.3 Å². The van der Waals surface area contributed by atoms with Crippen LogP contribution in [0.5, 0.6) is 0 Å². The maximum absolute atomic E-state index is 12.6. The van der Waals surface area contributed by atoms with Gasteiger partial charge in [0.1, 0.15) is 0 Å². The van der Waals surface area contributed by atoms with E-state index < -0.39 is 0 Å². The minimum absolute atomic E-state index is 0.0673. The quantitative estimate of drug-likeness (QED) is 0.625. The summed E-state index contributed by atoms with van der Waals surface area (Å²) in [5.74, 6) is 1.31. The number of benzene rings is 2. The average Bonchev–Trinajstić information content (AvgIpc) is 3.22. The summed E-state index contributed by atoms with van der Waals surface area (Å²) in [4.78, 5) is 19.0. The van der Waals surface area contributed by atoms with Crippen molar-refractivity contribution in [1.29, 1.82) is 0 Å². The lowest BCUT2D eigenvalue weighted by atomic mass is 9.97. The van der Waals surface area contributed by atoms with Gasteiger partial charge >= 0.3 is 6.03 Å². The van der Waals surface area contributed by atoms with Gasteiger partial charge in [0.15, 0.2) is 0 Å². The number of nitrogens with one attached hydrogen (secondary N) is 1. The summed E-state index contributed by atoms with van der Waals surface area (Å²) in [5.41, 5.74) is 3.95. The highest BCUT2D eigenvalue weighted by molar-refractivity contribution is 6.30. The van der Waals surface area contributed by atoms with Crippen LogP contribution in [0.25, 0.3) is 11.4 Å². The molecule has 29 heavy (non-hydrogen) atoms. The topological polar surface area (TPSA) is 71.3 Å². The molecule has 150 valence electrons. The number of likely N-dealkylation sites (tertiary alicyclic amines) is 1. The van der Waals surface area contributed by atoms with Crippen LogP contribution in [0.3, 0.4) is 0 Å². The van der Waals surface area contributed by atoms with E-state index in [4.69, 9.17) is 16.1 Å². The van der Waals surface area contributed by atoms with Gasteiger partial charge in [-0.1, -0.05) is 41.0 Å². The van der Waals surface area contributed by atoms with Gasteiger partial charge in [0.2, 0.25) is 11.7 Å². The number of nitrogens with zero attached hydrogens (tertiary/aromatic N) is 3. The second-order valence-electron chi connectivity index (χ2n) is 7.41. The summed E-state index contributed by atoms with van der Waals surface area (Å²) in [7, 11) is 0. The molecular formula is C22H23ClN4O2. The molecule has 0 radical (unpaired) electrons. The monoisotopic (exact) mass is 410 g/mol. The van der Waals surface area contributed by atoms with Crippen LogP contribution in [-0.2, 0) is 0 Å². The number of carbonyl (C=O) groups excluding carboxylic acids is 1. The molecule has 0 spiro atoms. The van der Waals surface area contributed by atoms with Crippen molar-refractivity contribution in [2.24, 2.45) is 0 Å². The molecular weight excluding hydrogens is 388 g/mol. The molecule has 1 saturated heterocycles. The summed E-state index contributed by atoms with van der Waals surface area (Å²) in [5, 5.41) is 7.76. The van der Waals surface area contributed by atoms with Gasteiger partial charge < -0.3 is 14.7 Å². The highest BCUT2D eigenvalue weighted by Crippen LogP contribution is 2.29. The predicted molar refractivity (Wildman–Crippen MR) is 113 cm³/mol. The summed E-state index contributed by atoms with van der Waals surface area (Å²) in [6, 6.07) is 13.3. The Bertz CT molecular complexity index is 1030. The number of hydrogen-bond donors (Lipinski definition) is 1. The van der Waals surface area contributed by atoms with Gasteiger partial charge in [-0.05, 0) is 56.0 Å². The molecule has 2 amide bonds. The molecule has 1 aliphatic heterocycles. The maximum atomic E-state index is 12.6. The Kier molecular flexibility index (Phi) is 5.53. The molecule has 2 heterocycles. The van der Waals surface area contributed by atoms with E-state index >= 15 is 0 Å². The smallest absolute Gasteiger partial charge is 0.321 e. The molecule has 0 atom stereocenters. The third-order valence-electron chi connectivity index (χ3n) is 5.50. The highest BCUT2D eigenvalue weighted by Gasteiger charge is 2.28. The van der Waals surface area contributed by atoms with Crippen molar-refractivity contribution in [1.82, 2.24) is 15.0 Å². The van der Waals surface area contributed by atoms with Crippen LogP contribution in [0.15, 0.2) is 47.0 Å². The molecule has 0 aliphatic carbocycles. The second kappa shape index (κ2) is 8.25. The number of halogens is 1. The Hall–Kier alpha value is -2.86. The highest BCUT2D eigenvalue weighted by atomic mass is 35.5. The molecule has 0 unspecified atom stereocenters. The van der Waals surface area contributed by atoms with E-state index in [1.807, 2.05) is 61.2 Å². The van der Waals surface area contributed by atoms with Crippen LogP contribution >= 0.6 is 11.6 Å². The lowest BCUT2D eigenvalue weighted by Crippen LogP contribution is -2.40. The molecule has 7 heteroatoms. The Labute approximate surface area is 174 Å². The average molecular weight is 411 g/mol. The van der Waals surface area contributed by atoms with Crippen LogP contribution in [0.1, 0.15) is 35.8 Å². The first-order chi connectivity index (χ1) is 14.0. The summed E-state index contributed by atoms with van der Waals surface area (Å²) in [6.45, 7) is 5.36. The summed E-state index contributed by atoms with van der Waals surface area (Å²) >= 11 is 6.04. The fourth-order valence-corrected chi connectivity index (χ4v) is 3.75. The lowest BCUT2D eigenvalue weighted by Gasteiger charge is -2.30. The molecule has 2 aromatic carbocycles. The first kappa shape index (κ1) is 19.5. The molecule has 0 bridgehead atoms. The molecule has 1 N–H and O–H groups in total. The summed E-state index contributed by atoms with van der Waals surface area (Å²) < 4.78 is 5.50. The third-order valence-corrected chi connectivity index (χ3v) is 5.74. The molecule has 4 rings (SSSR count). The van der Waals surface area contributed by atoms with Crippen molar-refractivity contribution in [3.05, 3.63) is 64.5 Å². The lowest BCUT2D eigenvalue weighted by molar-refractivity contribution is 0.187. The molecule has 0 saturated carbocycles. The zero-order valence-electron chi connectivity index (χ0n) is 16.5. The van der Waals surface area contributed by atoms with E-state index in [-0.39, 0.29) is 11.9 Å². The van der Waals surface area contributed by atoms with Crippen molar-refractivity contribution in [2.75, 3.05) is 18.4 Å². The van der Waals surface area contributed by atoms with Crippen LogP contribution < -0.4 is 5.32 Å². The number of carbonyl (C=O) groups is 1. The first-order valence-electron chi connectivity index (χ1n) is 9.73. The van der Waals surface area contributed by atoms with Crippen molar-refractivity contribution in [3.8, 4) is 11.4 Å². The minimum Gasteiger partial charge on any atom is -0.339 e. The van der Waals surface area contributed by atoms with Gasteiger partial charge in [-0.2, -0.15) is 4.98 Å². The van der Waals surface area contributed by atoms with Gasteiger partial charge in [0.05, 0.1) is 0 Å². The number of anilines is 1. The normalized spacial score (nSPS) is 14.8. The Morgan fingerprint density at radius 2 is 1.93 bits per heavy atom. The minimum atomic E-state index is -0.0673. The molecule has 1 aromatic heterocycles. The van der Waals surface area contributed by atoms with Crippen molar-refractivity contribution < 1.29 is 9.32 Å². The van der Waals surface area contributed by atoms with Crippen LogP contribution in [0.4, 0.5) is 10.5 Å². The maximum Gasteiger partial charge on any atom is 0.321 e. The number of urea groups is 1. The van der Waals surface area contributed by atoms with Gasteiger partial charge in [-0.3, -0.25) is 0 Å². The van der Waals surface area contributed by atoms with E-state index in [1.165, 1.54) is 0 Å². The fraction of sp³-hybridized carbons (Fsp3) is 0.318. The van der Waals surface area contributed by atoms with Crippen LogP contribution in [-0.4, -0.2) is 34.2 Å².